The summed E-state index contributed by atoms with van der Waals surface area (Å²) in [5.74, 6) is 1.49. The molecule has 2 N–H and O–H groups in total. The molecular weight excluding hydrogens is 309 g/mol. The SMILES string of the molecule is NCc1cccc(OCCCOc2cc(Cl)cc(Cl)c2)c1. The third-order valence-corrected chi connectivity index (χ3v) is 3.23. The number of hydrogen-bond acceptors (Lipinski definition) is 3. The van der Waals surface area contributed by atoms with E-state index in [1.54, 1.807) is 18.2 Å². The summed E-state index contributed by atoms with van der Waals surface area (Å²) in [7, 11) is 0. The smallest absolute Gasteiger partial charge is 0.122 e. The Kier molecular flexibility index (Phi) is 6.18. The fourth-order valence-electron chi connectivity index (χ4n) is 1.81. The van der Waals surface area contributed by atoms with Crippen LogP contribution in [0.5, 0.6) is 11.5 Å². The molecule has 0 bridgehead atoms. The molecule has 0 saturated carbocycles. The maximum atomic E-state index is 5.90. The summed E-state index contributed by atoms with van der Waals surface area (Å²) >= 11 is 11.8. The summed E-state index contributed by atoms with van der Waals surface area (Å²) in [6.45, 7) is 1.62. The van der Waals surface area contributed by atoms with Crippen molar-refractivity contribution in [3.8, 4) is 11.5 Å². The molecule has 0 saturated heterocycles. The fraction of sp³-hybridized carbons (Fsp3) is 0.250. The third-order valence-electron chi connectivity index (χ3n) is 2.80. The number of nitrogens with two attached hydrogens (primary N) is 1. The van der Waals surface area contributed by atoms with E-state index >= 15 is 0 Å². The molecule has 0 aliphatic rings. The van der Waals surface area contributed by atoms with Gasteiger partial charge in [-0.25, -0.2) is 0 Å². The van der Waals surface area contributed by atoms with E-state index < -0.39 is 0 Å². The van der Waals surface area contributed by atoms with Crippen LogP contribution in [0.15, 0.2) is 42.5 Å². The van der Waals surface area contributed by atoms with Crippen LogP contribution < -0.4 is 15.2 Å². The van der Waals surface area contributed by atoms with E-state index in [1.165, 1.54) is 0 Å². The van der Waals surface area contributed by atoms with Crippen LogP contribution in [0.2, 0.25) is 10.0 Å². The Hall–Kier alpha value is -1.42. The Bertz CT molecular complexity index is 570. The first-order valence-corrected chi connectivity index (χ1v) is 7.43. The van der Waals surface area contributed by atoms with Gasteiger partial charge in [0.1, 0.15) is 11.5 Å². The number of benzene rings is 2. The summed E-state index contributed by atoms with van der Waals surface area (Å²) in [5.41, 5.74) is 6.64. The summed E-state index contributed by atoms with van der Waals surface area (Å²) in [5, 5.41) is 1.12. The van der Waals surface area contributed by atoms with Crippen molar-refractivity contribution in [1.29, 1.82) is 0 Å². The molecule has 21 heavy (non-hydrogen) atoms. The first-order valence-electron chi connectivity index (χ1n) is 6.68. The monoisotopic (exact) mass is 325 g/mol. The Labute approximate surface area is 134 Å². The van der Waals surface area contributed by atoms with Crippen LogP contribution in [-0.4, -0.2) is 13.2 Å². The summed E-state index contributed by atoms with van der Waals surface area (Å²) in [6, 6.07) is 12.9. The van der Waals surface area contributed by atoms with Gasteiger partial charge in [-0.05, 0) is 35.9 Å². The van der Waals surface area contributed by atoms with E-state index in [9.17, 15) is 0 Å². The van der Waals surface area contributed by atoms with Gasteiger partial charge in [-0.2, -0.15) is 0 Å². The average molecular weight is 326 g/mol. The summed E-state index contributed by atoms with van der Waals surface area (Å²) in [4.78, 5) is 0. The zero-order valence-electron chi connectivity index (χ0n) is 11.5. The molecule has 2 rings (SSSR count). The second kappa shape index (κ2) is 8.13. The zero-order chi connectivity index (χ0) is 15.1. The third kappa shape index (κ3) is 5.46. The Balaban J connectivity index is 1.72. The minimum Gasteiger partial charge on any atom is -0.493 e. The number of ether oxygens (including phenoxy) is 2. The van der Waals surface area contributed by atoms with E-state index in [0.717, 1.165) is 17.7 Å². The van der Waals surface area contributed by atoms with Gasteiger partial charge in [0.15, 0.2) is 0 Å². The highest BCUT2D eigenvalue weighted by molar-refractivity contribution is 6.34. The van der Waals surface area contributed by atoms with Gasteiger partial charge in [0.25, 0.3) is 0 Å². The highest BCUT2D eigenvalue weighted by Gasteiger charge is 2.00. The predicted molar refractivity (Wildman–Crippen MR) is 86.4 cm³/mol. The van der Waals surface area contributed by atoms with E-state index in [0.29, 0.717) is 35.6 Å². The average Bonchev–Trinajstić information content (AvgIpc) is 2.46. The minimum absolute atomic E-state index is 0.510. The second-order valence-electron chi connectivity index (χ2n) is 4.51. The lowest BCUT2D eigenvalue weighted by molar-refractivity contribution is 0.247. The van der Waals surface area contributed by atoms with Crippen LogP contribution in [0.1, 0.15) is 12.0 Å². The molecule has 0 aliphatic carbocycles. The molecule has 112 valence electrons. The zero-order valence-corrected chi connectivity index (χ0v) is 13.0. The van der Waals surface area contributed by atoms with Gasteiger partial charge in [0.2, 0.25) is 0 Å². The molecule has 3 nitrogen and oxygen atoms in total. The Morgan fingerprint density at radius 1 is 0.857 bits per heavy atom. The lowest BCUT2D eigenvalue weighted by Crippen LogP contribution is -2.05. The van der Waals surface area contributed by atoms with Crippen molar-refractivity contribution >= 4 is 23.2 Å². The van der Waals surface area contributed by atoms with Crippen LogP contribution >= 0.6 is 23.2 Å². The van der Waals surface area contributed by atoms with Crippen LogP contribution in [0.3, 0.4) is 0 Å². The molecule has 0 fully saturated rings. The molecule has 2 aromatic rings. The quantitative estimate of drug-likeness (QED) is 0.772. The highest BCUT2D eigenvalue weighted by Crippen LogP contribution is 2.24. The first kappa shape index (κ1) is 16.0. The Morgan fingerprint density at radius 2 is 1.52 bits per heavy atom. The standard InChI is InChI=1S/C16H17Cl2NO2/c17-13-8-14(18)10-16(9-13)21-6-2-5-20-15-4-1-3-12(7-15)11-19/h1,3-4,7-10H,2,5-6,11,19H2. The molecule has 0 aromatic heterocycles. The summed E-state index contributed by atoms with van der Waals surface area (Å²) in [6.07, 6.45) is 0.761. The normalized spacial score (nSPS) is 10.4. The molecule has 0 unspecified atom stereocenters. The van der Waals surface area contributed by atoms with Gasteiger partial charge in [0, 0.05) is 23.0 Å². The van der Waals surface area contributed by atoms with Crippen molar-refractivity contribution in [3.63, 3.8) is 0 Å². The molecule has 0 aliphatic heterocycles. The van der Waals surface area contributed by atoms with Crippen LogP contribution in [0.25, 0.3) is 0 Å². The van der Waals surface area contributed by atoms with Crippen molar-refractivity contribution < 1.29 is 9.47 Å². The van der Waals surface area contributed by atoms with Crippen LogP contribution in [-0.2, 0) is 6.54 Å². The predicted octanol–water partition coefficient (Wildman–Crippen LogP) is 4.30. The van der Waals surface area contributed by atoms with E-state index in [1.807, 2.05) is 24.3 Å². The first-order chi connectivity index (χ1) is 10.2. The topological polar surface area (TPSA) is 44.5 Å². The molecule has 5 heteroatoms. The molecule has 0 amide bonds. The number of halogens is 2. The van der Waals surface area contributed by atoms with Gasteiger partial charge < -0.3 is 15.2 Å². The minimum atomic E-state index is 0.510. The van der Waals surface area contributed by atoms with E-state index in [2.05, 4.69) is 0 Å². The maximum absolute atomic E-state index is 5.90. The molecule has 0 heterocycles. The molecule has 0 radical (unpaired) electrons. The van der Waals surface area contributed by atoms with Crippen LogP contribution in [0.4, 0.5) is 0 Å². The van der Waals surface area contributed by atoms with Crippen molar-refractivity contribution in [3.05, 3.63) is 58.1 Å². The molecule has 0 atom stereocenters. The molecule has 0 spiro atoms. The van der Waals surface area contributed by atoms with Crippen molar-refractivity contribution in [2.75, 3.05) is 13.2 Å². The van der Waals surface area contributed by atoms with Gasteiger partial charge in [0.05, 0.1) is 13.2 Å². The lowest BCUT2D eigenvalue weighted by atomic mass is 10.2. The van der Waals surface area contributed by atoms with Crippen molar-refractivity contribution in [2.24, 2.45) is 5.73 Å². The summed E-state index contributed by atoms with van der Waals surface area (Å²) < 4.78 is 11.2. The van der Waals surface area contributed by atoms with Crippen LogP contribution in [0, 0.1) is 0 Å². The second-order valence-corrected chi connectivity index (χ2v) is 5.38. The Morgan fingerprint density at radius 3 is 2.19 bits per heavy atom. The number of rotatable bonds is 7. The molecular formula is C16H17Cl2NO2. The van der Waals surface area contributed by atoms with E-state index in [4.69, 9.17) is 38.4 Å². The lowest BCUT2D eigenvalue weighted by Gasteiger charge is -2.09. The van der Waals surface area contributed by atoms with Crippen molar-refractivity contribution in [2.45, 2.75) is 13.0 Å². The van der Waals surface area contributed by atoms with Crippen molar-refractivity contribution in [1.82, 2.24) is 0 Å². The fourth-order valence-corrected chi connectivity index (χ4v) is 2.32. The van der Waals surface area contributed by atoms with Gasteiger partial charge in [-0.1, -0.05) is 35.3 Å². The maximum Gasteiger partial charge on any atom is 0.122 e. The van der Waals surface area contributed by atoms with Gasteiger partial charge >= 0.3 is 0 Å². The van der Waals surface area contributed by atoms with Gasteiger partial charge in [-0.3, -0.25) is 0 Å². The van der Waals surface area contributed by atoms with Gasteiger partial charge in [-0.15, -0.1) is 0 Å². The largest absolute Gasteiger partial charge is 0.493 e. The molecule has 2 aromatic carbocycles. The number of hydrogen-bond donors (Lipinski definition) is 1. The van der Waals surface area contributed by atoms with E-state index in [-0.39, 0.29) is 0 Å². The highest BCUT2D eigenvalue weighted by atomic mass is 35.5.